The van der Waals surface area contributed by atoms with E-state index in [1.807, 2.05) is 91.0 Å². The molecule has 3 aliphatic heterocycles. The number of nitrogens with zero attached hydrogens (tertiary/aromatic N) is 3. The second kappa shape index (κ2) is 28.3. The second-order valence-corrected chi connectivity index (χ2v) is 24.6. The van der Waals surface area contributed by atoms with E-state index in [1.165, 1.54) is 94.6 Å². The van der Waals surface area contributed by atoms with E-state index in [4.69, 9.17) is 14.2 Å². The van der Waals surface area contributed by atoms with Crippen LogP contribution in [0.5, 0.6) is 34.5 Å². The zero-order valence-corrected chi connectivity index (χ0v) is 54.4. The molecule has 0 unspecified atom stereocenters. The highest BCUT2D eigenvalue weighted by Crippen LogP contribution is 2.45. The van der Waals surface area contributed by atoms with Crippen molar-refractivity contribution in [2.75, 3.05) is 14.4 Å². The second-order valence-electron chi connectivity index (χ2n) is 24.6. The molecule has 0 aromatic heterocycles. The molecule has 9 heteroatoms. The standard InChI is InChI=1S/3C30H22BNO/c1-4-13-23(14-5-1)31-30-27(20-12-22-29(30)33-25-17-8-3-9-18-25)26-19-10-11-21-28(26)32(31)24-15-6-2-7-16-24;1-4-12-23(13-5-1)31-29-22-26(33-25-16-8-3-9-17-25)20-21-27(29)28-18-10-11-19-30(28)32(31)24-14-6-2-7-15-24;1-4-12-23(13-5-1)31-29-21-20-26(33-25-16-8-3-9-17-25)22-28(29)27-18-10-11-19-30(27)32(31)24-14-6-2-7-15-24/h3*1-22H. The molecule has 3 aliphatic rings. The Morgan fingerprint density at radius 2 is 0.515 bits per heavy atom. The molecule has 99 heavy (non-hydrogen) atoms. The molecule has 0 saturated carbocycles. The Labute approximate surface area is 580 Å². The fourth-order valence-corrected chi connectivity index (χ4v) is 14.2. The Morgan fingerprint density at radius 3 is 0.970 bits per heavy atom. The van der Waals surface area contributed by atoms with Gasteiger partial charge in [-0.15, -0.1) is 0 Å². The molecule has 0 bridgehead atoms. The minimum absolute atomic E-state index is 0.0258. The number of anilines is 6. The molecule has 3 heterocycles. The third kappa shape index (κ3) is 12.6. The van der Waals surface area contributed by atoms with E-state index < -0.39 is 0 Å². The highest BCUT2D eigenvalue weighted by molar-refractivity contribution is 6.92. The molecule has 15 aromatic carbocycles. The van der Waals surface area contributed by atoms with Gasteiger partial charge in [0.25, 0.3) is 0 Å². The maximum atomic E-state index is 6.50. The molecule has 0 saturated heterocycles. The Morgan fingerprint density at radius 1 is 0.192 bits per heavy atom. The maximum Gasteiger partial charge on any atom is 0.332 e. The molecule has 0 fully saturated rings. The summed E-state index contributed by atoms with van der Waals surface area (Å²) in [6.07, 6.45) is 0. The summed E-state index contributed by atoms with van der Waals surface area (Å²) in [4.78, 5) is 7.33. The number of ether oxygens (including phenoxy) is 3. The number of benzene rings is 15. The topological polar surface area (TPSA) is 37.4 Å². The predicted molar refractivity (Wildman–Crippen MR) is 415 cm³/mol. The fraction of sp³-hybridized carbons (Fsp3) is 0. The average molecular weight is 1270 g/mol. The van der Waals surface area contributed by atoms with Gasteiger partial charge in [0.05, 0.1) is 0 Å². The highest BCUT2D eigenvalue weighted by atomic mass is 16.5. The minimum Gasteiger partial charge on any atom is -0.458 e. The number of hydrogen-bond acceptors (Lipinski definition) is 6. The minimum atomic E-state index is -0.0292. The molecule has 0 radical (unpaired) electrons. The zero-order valence-electron chi connectivity index (χ0n) is 54.4. The summed E-state index contributed by atoms with van der Waals surface area (Å²) in [6.45, 7) is 0.0560. The van der Waals surface area contributed by atoms with Crippen LogP contribution in [0.1, 0.15) is 0 Å². The zero-order chi connectivity index (χ0) is 66.1. The van der Waals surface area contributed by atoms with Gasteiger partial charge in [-0.05, 0) is 149 Å². The largest absolute Gasteiger partial charge is 0.458 e. The van der Waals surface area contributed by atoms with Crippen molar-refractivity contribution in [1.29, 1.82) is 0 Å². The Balaban J connectivity index is 0.000000116. The molecule has 0 aliphatic carbocycles. The molecule has 6 nitrogen and oxygen atoms in total. The number of para-hydroxylation sites is 9. The van der Waals surface area contributed by atoms with Gasteiger partial charge in [0.1, 0.15) is 34.5 Å². The SMILES string of the molecule is c1ccc(Oc2ccc3c(c2)-c2ccccc2N(c2ccccc2)B3c2ccccc2)cc1.c1ccc(Oc2ccc3c(c2)B(c2ccccc2)N(c2ccccc2)c2ccccc2-3)cc1.c1ccc(Oc2cccc3c2B(c2ccccc2)N(c2ccccc2)c2ccccc2-3)cc1. The summed E-state index contributed by atoms with van der Waals surface area (Å²) in [5, 5.41) is 0. The van der Waals surface area contributed by atoms with Gasteiger partial charge >= 0.3 is 20.5 Å². The van der Waals surface area contributed by atoms with Crippen molar-refractivity contribution in [2.45, 2.75) is 0 Å². The normalized spacial score (nSPS) is 12.1. The maximum absolute atomic E-state index is 6.50. The number of fused-ring (bicyclic) bond motifs is 9. The monoisotopic (exact) mass is 1270 g/mol. The van der Waals surface area contributed by atoms with Gasteiger partial charge in [-0.3, -0.25) is 0 Å². The Hall–Kier alpha value is -12.7. The summed E-state index contributed by atoms with van der Waals surface area (Å²) < 4.78 is 18.9. The third-order valence-electron chi connectivity index (χ3n) is 18.5. The molecule has 468 valence electrons. The van der Waals surface area contributed by atoms with Crippen LogP contribution >= 0.6 is 0 Å². The van der Waals surface area contributed by atoms with E-state index in [-0.39, 0.29) is 20.5 Å². The summed E-state index contributed by atoms with van der Waals surface area (Å²) in [7, 11) is 0. The van der Waals surface area contributed by atoms with Crippen LogP contribution in [-0.2, 0) is 0 Å². The summed E-state index contributed by atoms with van der Waals surface area (Å²) >= 11 is 0. The lowest BCUT2D eigenvalue weighted by atomic mass is 9.45. The van der Waals surface area contributed by atoms with Gasteiger partial charge in [0.2, 0.25) is 0 Å². The van der Waals surface area contributed by atoms with E-state index in [9.17, 15) is 0 Å². The van der Waals surface area contributed by atoms with Crippen molar-refractivity contribution in [2.24, 2.45) is 0 Å². The van der Waals surface area contributed by atoms with E-state index in [0.717, 1.165) is 40.2 Å². The summed E-state index contributed by atoms with van der Waals surface area (Å²) in [6, 6.07) is 139. The quantitative estimate of drug-likeness (QED) is 0.114. The first-order valence-electron chi connectivity index (χ1n) is 33.7. The number of rotatable bonds is 12. The molecule has 18 rings (SSSR count). The molecular weight excluding hydrogens is 1200 g/mol. The first kappa shape index (κ1) is 61.2. The van der Waals surface area contributed by atoms with Crippen molar-refractivity contribution >= 4 is 87.4 Å². The van der Waals surface area contributed by atoms with E-state index >= 15 is 0 Å². The van der Waals surface area contributed by atoms with E-state index in [1.54, 1.807) is 0 Å². The Kier molecular flexibility index (Phi) is 17.5. The van der Waals surface area contributed by atoms with Crippen LogP contribution in [0, 0.1) is 0 Å². The predicted octanol–water partition coefficient (Wildman–Crippen LogP) is 19.2. The highest BCUT2D eigenvalue weighted by Gasteiger charge is 2.41. The van der Waals surface area contributed by atoms with Crippen molar-refractivity contribution < 1.29 is 14.2 Å². The first-order valence-corrected chi connectivity index (χ1v) is 33.7. The van der Waals surface area contributed by atoms with Crippen molar-refractivity contribution in [3.63, 3.8) is 0 Å². The van der Waals surface area contributed by atoms with Crippen LogP contribution in [0.15, 0.2) is 400 Å². The lowest BCUT2D eigenvalue weighted by Gasteiger charge is -2.39. The van der Waals surface area contributed by atoms with Gasteiger partial charge in [-0.25, -0.2) is 0 Å². The van der Waals surface area contributed by atoms with Gasteiger partial charge < -0.3 is 28.6 Å². The number of hydrogen-bond donors (Lipinski definition) is 0. The molecule has 0 spiro atoms. The van der Waals surface area contributed by atoms with Crippen LogP contribution in [-0.4, -0.2) is 20.5 Å². The first-order chi connectivity index (χ1) is 49.2. The van der Waals surface area contributed by atoms with Crippen LogP contribution in [0.25, 0.3) is 33.4 Å². The third-order valence-corrected chi connectivity index (χ3v) is 18.5. The Bertz CT molecular complexity index is 5170. The van der Waals surface area contributed by atoms with Crippen LogP contribution in [0.4, 0.5) is 34.1 Å². The average Bonchev–Trinajstić information content (AvgIpc) is 0.747. The molecule has 0 amide bonds. The molecule has 0 atom stereocenters. The van der Waals surface area contributed by atoms with Crippen LogP contribution in [0.3, 0.4) is 0 Å². The molecular formula is C90H66B3N3O3. The molecule has 15 aromatic rings. The molecule has 0 N–H and O–H groups in total. The summed E-state index contributed by atoms with van der Waals surface area (Å²) in [5.74, 6) is 5.07. The lowest BCUT2D eigenvalue weighted by molar-refractivity contribution is 0.483. The van der Waals surface area contributed by atoms with Gasteiger partial charge in [0, 0.05) is 56.3 Å². The fourth-order valence-electron chi connectivity index (χ4n) is 14.2. The summed E-state index contributed by atoms with van der Waals surface area (Å²) in [5.41, 5.74) is 21.8. The van der Waals surface area contributed by atoms with Gasteiger partial charge in [-0.1, -0.05) is 295 Å². The van der Waals surface area contributed by atoms with Gasteiger partial charge in [-0.2, -0.15) is 0 Å². The van der Waals surface area contributed by atoms with Crippen LogP contribution in [0.2, 0.25) is 0 Å². The smallest absolute Gasteiger partial charge is 0.332 e. The van der Waals surface area contributed by atoms with E-state index in [0.29, 0.717) is 0 Å². The lowest BCUT2D eigenvalue weighted by Crippen LogP contribution is -2.57. The van der Waals surface area contributed by atoms with Crippen molar-refractivity contribution in [3.8, 4) is 67.9 Å². The van der Waals surface area contributed by atoms with Crippen LogP contribution < -0.4 is 61.4 Å². The van der Waals surface area contributed by atoms with Gasteiger partial charge in [0.15, 0.2) is 0 Å². The van der Waals surface area contributed by atoms with Crippen molar-refractivity contribution in [3.05, 3.63) is 400 Å². The van der Waals surface area contributed by atoms with E-state index in [2.05, 4.69) is 324 Å². The van der Waals surface area contributed by atoms with Crippen molar-refractivity contribution in [1.82, 2.24) is 0 Å².